The Kier molecular flexibility index (Phi) is 4.66. The third-order valence-electron chi connectivity index (χ3n) is 4.26. The average molecular weight is 224 g/mol. The monoisotopic (exact) mass is 224 g/mol. The Labute approximate surface area is 99.4 Å². The quantitative estimate of drug-likeness (QED) is 0.636. The summed E-state index contributed by atoms with van der Waals surface area (Å²) in [6.45, 7) is 4.72. The van der Waals surface area contributed by atoms with Crippen LogP contribution in [-0.4, -0.2) is 18.8 Å². The minimum atomic E-state index is -0.287. The maximum absolute atomic E-state index is 11.6. The Morgan fingerprint density at radius 1 is 1.06 bits per heavy atom. The zero-order chi connectivity index (χ0) is 11.4. The predicted octanol–water partition coefficient (Wildman–Crippen LogP) is 3.39. The van der Waals surface area contributed by atoms with Gasteiger partial charge in [0.2, 0.25) is 0 Å². The lowest BCUT2D eigenvalue weighted by Gasteiger charge is -2.44. The fraction of sp³-hybridized carbons (Fsp3) is 0.929. The molecular formula is C14H24O2. The van der Waals surface area contributed by atoms with Gasteiger partial charge in [-0.1, -0.05) is 26.2 Å². The van der Waals surface area contributed by atoms with Gasteiger partial charge in [-0.05, 0) is 43.9 Å². The molecule has 2 nitrogen and oxygen atoms in total. The zero-order valence-corrected chi connectivity index (χ0v) is 10.2. The molecule has 3 saturated carbocycles. The summed E-state index contributed by atoms with van der Waals surface area (Å²) < 4.78 is 5.95. The molecule has 0 amide bonds. The van der Waals surface area contributed by atoms with Gasteiger partial charge in [0.1, 0.15) is 0 Å². The number of hydrogen-bond donors (Lipinski definition) is 0. The Hall–Kier alpha value is -0.0800. The highest BCUT2D eigenvalue weighted by Crippen LogP contribution is 2.43. The van der Waals surface area contributed by atoms with Crippen molar-refractivity contribution >= 4 is 0 Å². The van der Waals surface area contributed by atoms with E-state index in [0.29, 0.717) is 17.9 Å². The van der Waals surface area contributed by atoms with Gasteiger partial charge in [-0.3, -0.25) is 0 Å². The first kappa shape index (κ1) is 12.4. The lowest BCUT2D eigenvalue weighted by molar-refractivity contribution is -0.121. The molecule has 0 N–H and O–H groups in total. The molecular weight excluding hydrogens is 200 g/mol. The second-order valence-corrected chi connectivity index (χ2v) is 5.43. The minimum absolute atomic E-state index is 0.287. The first-order valence-electron chi connectivity index (χ1n) is 6.88. The van der Waals surface area contributed by atoms with Crippen LogP contribution in [0.15, 0.2) is 0 Å². The molecule has 0 aromatic rings. The van der Waals surface area contributed by atoms with Crippen molar-refractivity contribution < 1.29 is 9.84 Å². The molecule has 16 heavy (non-hydrogen) atoms. The van der Waals surface area contributed by atoms with E-state index in [-0.39, 0.29) is 6.10 Å². The summed E-state index contributed by atoms with van der Waals surface area (Å²) in [5, 5.41) is 11.6. The van der Waals surface area contributed by atoms with Gasteiger partial charge in [0.05, 0.1) is 12.2 Å². The van der Waals surface area contributed by atoms with Gasteiger partial charge in [-0.2, -0.15) is 0 Å². The van der Waals surface area contributed by atoms with Crippen molar-refractivity contribution in [2.75, 3.05) is 6.61 Å². The highest BCUT2D eigenvalue weighted by atomic mass is 16.5. The molecule has 3 rings (SSSR count). The van der Waals surface area contributed by atoms with Crippen LogP contribution in [0.5, 0.6) is 0 Å². The first-order valence-corrected chi connectivity index (χ1v) is 6.88. The van der Waals surface area contributed by atoms with E-state index in [9.17, 15) is 5.11 Å². The van der Waals surface area contributed by atoms with Crippen molar-refractivity contribution in [2.24, 2.45) is 11.8 Å². The van der Waals surface area contributed by atoms with Crippen LogP contribution < -0.4 is 0 Å². The smallest absolute Gasteiger partial charge is 0.0962 e. The van der Waals surface area contributed by atoms with E-state index in [4.69, 9.17) is 4.74 Å². The maximum Gasteiger partial charge on any atom is 0.0962 e. The number of fused-ring (bicyclic) bond motifs is 3. The van der Waals surface area contributed by atoms with Crippen molar-refractivity contribution in [1.29, 1.82) is 0 Å². The summed E-state index contributed by atoms with van der Waals surface area (Å²) in [6.07, 6.45) is 9.04. The number of rotatable bonds is 6. The van der Waals surface area contributed by atoms with Crippen LogP contribution in [0.4, 0.5) is 0 Å². The van der Waals surface area contributed by atoms with Crippen LogP contribution in [0.1, 0.15) is 51.4 Å². The molecule has 92 valence electrons. The van der Waals surface area contributed by atoms with E-state index in [1.165, 1.54) is 19.3 Å². The molecule has 0 spiro atoms. The zero-order valence-electron chi connectivity index (χ0n) is 10.2. The lowest BCUT2D eigenvalue weighted by atomic mass is 9.67. The van der Waals surface area contributed by atoms with Crippen molar-refractivity contribution in [2.45, 2.75) is 63.6 Å². The van der Waals surface area contributed by atoms with E-state index in [2.05, 4.69) is 6.92 Å². The van der Waals surface area contributed by atoms with E-state index in [1.54, 1.807) is 0 Å². The molecule has 2 heteroatoms. The average Bonchev–Trinajstić information content (AvgIpc) is 2.30. The highest BCUT2D eigenvalue weighted by molar-refractivity contribution is 4.92. The molecule has 0 aliphatic heterocycles. The lowest BCUT2D eigenvalue weighted by Crippen LogP contribution is -2.44. The summed E-state index contributed by atoms with van der Waals surface area (Å²) in [5.74, 6) is 0.982. The summed E-state index contributed by atoms with van der Waals surface area (Å²) in [6, 6.07) is 0. The van der Waals surface area contributed by atoms with Crippen molar-refractivity contribution in [3.63, 3.8) is 0 Å². The molecule has 0 aromatic carbocycles. The van der Waals surface area contributed by atoms with Gasteiger partial charge >= 0.3 is 0 Å². The molecule has 2 radical (unpaired) electrons. The number of hydrogen-bond acceptors (Lipinski definition) is 1. The molecule has 0 aromatic heterocycles. The van der Waals surface area contributed by atoms with Gasteiger partial charge in [0.15, 0.2) is 0 Å². The summed E-state index contributed by atoms with van der Waals surface area (Å²) in [7, 11) is 0. The van der Waals surface area contributed by atoms with Crippen molar-refractivity contribution in [1.82, 2.24) is 0 Å². The van der Waals surface area contributed by atoms with Gasteiger partial charge in [-0.15, -0.1) is 0 Å². The van der Waals surface area contributed by atoms with Crippen LogP contribution in [0.3, 0.4) is 0 Å². The Bertz CT molecular complexity index is 205. The minimum Gasteiger partial charge on any atom is -0.378 e. The van der Waals surface area contributed by atoms with E-state index >= 15 is 0 Å². The fourth-order valence-electron chi connectivity index (χ4n) is 3.22. The van der Waals surface area contributed by atoms with Crippen LogP contribution in [-0.2, 0) is 9.84 Å². The van der Waals surface area contributed by atoms with Crippen LogP contribution in [0.2, 0.25) is 0 Å². The van der Waals surface area contributed by atoms with Gasteiger partial charge < -0.3 is 4.74 Å². The SMILES string of the molecule is [CH2]CCCCCOC1CC2CCC1CC2[O]. The normalized spacial score (nSPS) is 37.9. The summed E-state index contributed by atoms with van der Waals surface area (Å²) in [4.78, 5) is 0. The third kappa shape index (κ3) is 2.98. The van der Waals surface area contributed by atoms with Gasteiger partial charge in [-0.25, -0.2) is 5.11 Å². The Morgan fingerprint density at radius 3 is 2.50 bits per heavy atom. The third-order valence-corrected chi connectivity index (χ3v) is 4.26. The van der Waals surface area contributed by atoms with Gasteiger partial charge in [0.25, 0.3) is 0 Å². The molecule has 2 bridgehead atoms. The number of ether oxygens (including phenoxy) is 1. The van der Waals surface area contributed by atoms with Gasteiger partial charge in [0, 0.05) is 6.61 Å². The topological polar surface area (TPSA) is 29.1 Å². The molecule has 3 aliphatic carbocycles. The molecule has 4 atom stereocenters. The van der Waals surface area contributed by atoms with E-state index in [1.807, 2.05) is 0 Å². The van der Waals surface area contributed by atoms with Crippen molar-refractivity contribution in [3.8, 4) is 0 Å². The largest absolute Gasteiger partial charge is 0.378 e. The van der Waals surface area contributed by atoms with E-state index in [0.717, 1.165) is 38.7 Å². The molecule has 0 saturated heterocycles. The molecule has 0 heterocycles. The molecule has 4 unspecified atom stereocenters. The number of unbranched alkanes of at least 4 members (excludes halogenated alkanes) is 3. The maximum atomic E-state index is 11.6. The van der Waals surface area contributed by atoms with Crippen LogP contribution in [0.25, 0.3) is 0 Å². The van der Waals surface area contributed by atoms with Crippen LogP contribution >= 0.6 is 0 Å². The Morgan fingerprint density at radius 2 is 1.88 bits per heavy atom. The fourth-order valence-corrected chi connectivity index (χ4v) is 3.22. The second kappa shape index (κ2) is 6.02. The second-order valence-electron chi connectivity index (χ2n) is 5.43. The highest BCUT2D eigenvalue weighted by Gasteiger charge is 2.42. The summed E-state index contributed by atoms with van der Waals surface area (Å²) >= 11 is 0. The van der Waals surface area contributed by atoms with Crippen LogP contribution in [0, 0.1) is 18.8 Å². The molecule has 3 fully saturated rings. The molecule has 3 aliphatic rings. The van der Waals surface area contributed by atoms with E-state index < -0.39 is 0 Å². The Balaban J connectivity index is 1.64. The first-order chi connectivity index (χ1) is 7.81. The summed E-state index contributed by atoms with van der Waals surface area (Å²) in [5.41, 5.74) is 0. The predicted molar refractivity (Wildman–Crippen MR) is 63.5 cm³/mol. The standard InChI is InChI=1S/C14H24O2/c1-2-3-4-5-8-16-14-10-11-6-7-12(14)9-13(11)15/h11-14H,1-10H2. The van der Waals surface area contributed by atoms with Crippen molar-refractivity contribution in [3.05, 3.63) is 6.92 Å².